The molecule has 0 atom stereocenters. The predicted octanol–water partition coefficient (Wildman–Crippen LogP) is 2.90. The molecular weight excluding hydrogens is 338 g/mol. The van der Waals surface area contributed by atoms with Crippen molar-refractivity contribution in [1.29, 1.82) is 5.26 Å². The van der Waals surface area contributed by atoms with Crippen LogP contribution in [0.3, 0.4) is 0 Å². The number of nitrogens with zero attached hydrogens (tertiary/aromatic N) is 1. The van der Waals surface area contributed by atoms with E-state index in [1.54, 1.807) is 18.2 Å². The Bertz CT molecular complexity index is 745. The molecule has 1 aromatic carbocycles. The minimum Gasteiger partial charge on any atom is -0.350 e. The number of nitrogens with one attached hydrogen (secondary N) is 2. The van der Waals surface area contributed by atoms with Gasteiger partial charge in [0.1, 0.15) is 0 Å². The van der Waals surface area contributed by atoms with Gasteiger partial charge >= 0.3 is 0 Å². The van der Waals surface area contributed by atoms with E-state index in [0.29, 0.717) is 18.5 Å². The van der Waals surface area contributed by atoms with E-state index < -0.39 is 0 Å². The lowest BCUT2D eigenvalue weighted by molar-refractivity contribution is -0.131. The largest absolute Gasteiger partial charge is 0.350 e. The van der Waals surface area contributed by atoms with Crippen molar-refractivity contribution in [2.45, 2.75) is 51.5 Å². The first-order valence-corrected chi connectivity index (χ1v) is 10.1. The number of carbonyl (C=O) groups excluding carboxylic acids is 2. The van der Waals surface area contributed by atoms with Crippen molar-refractivity contribution in [1.82, 2.24) is 10.6 Å². The molecule has 2 amide bonds. The fraction of sp³-hybridized carbons (Fsp3) is 0.591. The Hall–Kier alpha value is -2.35. The Kier molecular flexibility index (Phi) is 4.90. The molecule has 4 saturated carbocycles. The van der Waals surface area contributed by atoms with Crippen LogP contribution in [0.15, 0.2) is 24.3 Å². The minimum atomic E-state index is -0.198. The van der Waals surface area contributed by atoms with E-state index in [9.17, 15) is 9.59 Å². The topological polar surface area (TPSA) is 82.0 Å². The van der Waals surface area contributed by atoms with Crippen LogP contribution in [0.1, 0.15) is 56.1 Å². The number of hydrogen-bond acceptors (Lipinski definition) is 3. The summed E-state index contributed by atoms with van der Waals surface area (Å²) in [5.41, 5.74) is 1.65. The minimum absolute atomic E-state index is 0.0126. The average molecular weight is 365 g/mol. The maximum absolute atomic E-state index is 12.5. The SMILES string of the molecule is N#Cc1cccc(CNC(=O)CNC(=O)CC23CC4CC(CC(C4)C2)C3)c1. The van der Waals surface area contributed by atoms with Gasteiger partial charge in [-0.15, -0.1) is 0 Å². The molecule has 0 aliphatic heterocycles. The summed E-state index contributed by atoms with van der Waals surface area (Å²) in [7, 11) is 0. The highest BCUT2D eigenvalue weighted by molar-refractivity contribution is 5.84. The van der Waals surface area contributed by atoms with E-state index in [1.165, 1.54) is 38.5 Å². The van der Waals surface area contributed by atoms with Crippen molar-refractivity contribution >= 4 is 11.8 Å². The van der Waals surface area contributed by atoms with Gasteiger partial charge in [-0.05, 0) is 79.4 Å². The third-order valence-corrected chi connectivity index (χ3v) is 6.69. The molecule has 4 aliphatic rings. The summed E-state index contributed by atoms with van der Waals surface area (Å²) < 4.78 is 0. The molecule has 142 valence electrons. The molecule has 2 N–H and O–H groups in total. The molecule has 5 heteroatoms. The van der Waals surface area contributed by atoms with Crippen LogP contribution in [0.4, 0.5) is 0 Å². The van der Waals surface area contributed by atoms with Gasteiger partial charge in [0, 0.05) is 13.0 Å². The molecular formula is C22H27N3O2. The van der Waals surface area contributed by atoms with E-state index >= 15 is 0 Å². The van der Waals surface area contributed by atoms with Crippen LogP contribution in [0, 0.1) is 34.5 Å². The summed E-state index contributed by atoms with van der Waals surface area (Å²) in [6, 6.07) is 9.24. The molecule has 0 unspecified atom stereocenters. The van der Waals surface area contributed by atoms with Crippen molar-refractivity contribution in [3.05, 3.63) is 35.4 Å². The number of carbonyl (C=O) groups is 2. The van der Waals surface area contributed by atoms with Gasteiger partial charge < -0.3 is 10.6 Å². The summed E-state index contributed by atoms with van der Waals surface area (Å²) in [5.74, 6) is 2.30. The van der Waals surface area contributed by atoms with Crippen molar-refractivity contribution in [3.63, 3.8) is 0 Å². The first-order valence-electron chi connectivity index (χ1n) is 10.1. The number of hydrogen-bond donors (Lipinski definition) is 2. The van der Waals surface area contributed by atoms with Crippen LogP contribution in [-0.4, -0.2) is 18.4 Å². The molecule has 1 aromatic rings. The molecule has 0 spiro atoms. The van der Waals surface area contributed by atoms with Gasteiger partial charge in [-0.1, -0.05) is 12.1 Å². The fourth-order valence-electron chi connectivity index (χ4n) is 6.10. The lowest BCUT2D eigenvalue weighted by Crippen LogP contribution is -2.48. The Morgan fingerprint density at radius 2 is 1.70 bits per heavy atom. The van der Waals surface area contributed by atoms with E-state index in [-0.39, 0.29) is 23.8 Å². The quantitative estimate of drug-likeness (QED) is 0.813. The molecule has 5 nitrogen and oxygen atoms in total. The van der Waals surface area contributed by atoms with Crippen molar-refractivity contribution in [2.75, 3.05) is 6.54 Å². The van der Waals surface area contributed by atoms with Crippen LogP contribution in [0.25, 0.3) is 0 Å². The standard InChI is InChI=1S/C22H27N3O2/c23-12-15-2-1-3-16(4-15)13-24-21(27)14-25-20(26)11-22-8-17-5-18(9-22)7-19(6-17)10-22/h1-4,17-19H,5-11,13-14H2,(H,24,27)(H,25,26). The third-order valence-electron chi connectivity index (χ3n) is 6.69. The highest BCUT2D eigenvalue weighted by Crippen LogP contribution is 2.61. The Labute approximate surface area is 160 Å². The fourth-order valence-corrected chi connectivity index (χ4v) is 6.10. The second kappa shape index (κ2) is 7.34. The zero-order valence-electron chi connectivity index (χ0n) is 15.7. The molecule has 4 fully saturated rings. The van der Waals surface area contributed by atoms with E-state index in [2.05, 4.69) is 16.7 Å². The number of nitriles is 1. The van der Waals surface area contributed by atoms with Gasteiger partial charge in [0.05, 0.1) is 18.2 Å². The van der Waals surface area contributed by atoms with Crippen molar-refractivity contribution < 1.29 is 9.59 Å². The summed E-state index contributed by atoms with van der Waals surface area (Å²) in [5, 5.41) is 14.5. The smallest absolute Gasteiger partial charge is 0.239 e. The maximum atomic E-state index is 12.5. The first-order chi connectivity index (χ1) is 13.0. The molecule has 27 heavy (non-hydrogen) atoms. The van der Waals surface area contributed by atoms with Crippen LogP contribution < -0.4 is 10.6 Å². The summed E-state index contributed by atoms with van der Waals surface area (Å²) in [6.07, 6.45) is 8.30. The van der Waals surface area contributed by atoms with Crippen molar-refractivity contribution in [3.8, 4) is 6.07 Å². The normalized spacial score (nSPS) is 30.6. The van der Waals surface area contributed by atoms with E-state index in [0.717, 1.165) is 23.3 Å². The monoisotopic (exact) mass is 365 g/mol. The maximum Gasteiger partial charge on any atom is 0.239 e. The predicted molar refractivity (Wildman–Crippen MR) is 101 cm³/mol. The van der Waals surface area contributed by atoms with Gasteiger partial charge in [0.25, 0.3) is 0 Å². The second-order valence-corrected chi connectivity index (χ2v) is 8.96. The molecule has 0 heterocycles. The molecule has 0 saturated heterocycles. The molecule has 0 aromatic heterocycles. The summed E-state index contributed by atoms with van der Waals surface area (Å²) >= 11 is 0. The van der Waals surface area contributed by atoms with Crippen LogP contribution in [-0.2, 0) is 16.1 Å². The third kappa shape index (κ3) is 4.16. The Morgan fingerprint density at radius 1 is 1.04 bits per heavy atom. The molecule has 4 aliphatic carbocycles. The zero-order valence-corrected chi connectivity index (χ0v) is 15.7. The lowest BCUT2D eigenvalue weighted by atomic mass is 9.49. The highest BCUT2D eigenvalue weighted by Gasteiger charge is 2.51. The lowest BCUT2D eigenvalue weighted by Gasteiger charge is -2.56. The van der Waals surface area contributed by atoms with Gasteiger partial charge in [0.2, 0.25) is 11.8 Å². The number of benzene rings is 1. The highest BCUT2D eigenvalue weighted by atomic mass is 16.2. The summed E-state index contributed by atoms with van der Waals surface area (Å²) in [6.45, 7) is 0.377. The van der Waals surface area contributed by atoms with Gasteiger partial charge in [-0.2, -0.15) is 5.26 Å². The Morgan fingerprint density at radius 3 is 2.33 bits per heavy atom. The van der Waals surface area contributed by atoms with Gasteiger partial charge in [-0.25, -0.2) is 0 Å². The Balaban J connectivity index is 1.22. The number of amides is 2. The molecule has 0 radical (unpaired) electrons. The molecule has 5 rings (SSSR count). The average Bonchev–Trinajstić information content (AvgIpc) is 2.63. The van der Waals surface area contributed by atoms with Gasteiger partial charge in [-0.3, -0.25) is 9.59 Å². The van der Waals surface area contributed by atoms with Crippen molar-refractivity contribution in [2.24, 2.45) is 23.2 Å². The zero-order chi connectivity index (χ0) is 18.9. The number of rotatable bonds is 6. The second-order valence-electron chi connectivity index (χ2n) is 8.96. The van der Waals surface area contributed by atoms with Crippen LogP contribution >= 0.6 is 0 Å². The van der Waals surface area contributed by atoms with Gasteiger partial charge in [0.15, 0.2) is 0 Å². The van der Waals surface area contributed by atoms with Crippen LogP contribution in [0.5, 0.6) is 0 Å². The first kappa shape index (κ1) is 18.0. The van der Waals surface area contributed by atoms with E-state index in [1.807, 2.05) is 6.07 Å². The van der Waals surface area contributed by atoms with Crippen LogP contribution in [0.2, 0.25) is 0 Å². The summed E-state index contributed by atoms with van der Waals surface area (Å²) in [4.78, 5) is 24.5. The molecule has 4 bridgehead atoms. The van der Waals surface area contributed by atoms with E-state index in [4.69, 9.17) is 5.26 Å².